The highest BCUT2D eigenvalue weighted by Crippen LogP contribution is 2.47. The van der Waals surface area contributed by atoms with Gasteiger partial charge in [0.2, 0.25) is 0 Å². The van der Waals surface area contributed by atoms with E-state index in [-0.39, 0.29) is 5.56 Å². The molecule has 88 valence electrons. The molecular formula is C12H14F2OS. The van der Waals surface area contributed by atoms with Crippen molar-refractivity contribution in [3.05, 3.63) is 35.4 Å². The maximum atomic E-state index is 13.5. The van der Waals surface area contributed by atoms with Gasteiger partial charge in [0.25, 0.3) is 0 Å². The van der Waals surface area contributed by atoms with Crippen LogP contribution in [0.4, 0.5) is 8.78 Å². The fourth-order valence-corrected chi connectivity index (χ4v) is 3.41. The molecule has 2 unspecified atom stereocenters. The standard InChI is InChI=1S/C12H14F2OS/c1-12(6-3-7-16-12)11(15)8-4-2-5-9(13)10(8)14/h2,4-5,11,15H,3,6-7H2,1H3. The lowest BCUT2D eigenvalue weighted by Gasteiger charge is -2.29. The van der Waals surface area contributed by atoms with E-state index < -0.39 is 22.5 Å². The van der Waals surface area contributed by atoms with Crippen LogP contribution in [0.25, 0.3) is 0 Å². The second-order valence-corrected chi connectivity index (χ2v) is 5.94. The van der Waals surface area contributed by atoms with E-state index in [1.165, 1.54) is 12.1 Å². The fraction of sp³-hybridized carbons (Fsp3) is 0.500. The van der Waals surface area contributed by atoms with Crippen LogP contribution in [-0.2, 0) is 0 Å². The van der Waals surface area contributed by atoms with Crippen molar-refractivity contribution in [2.45, 2.75) is 30.6 Å². The van der Waals surface area contributed by atoms with E-state index in [0.29, 0.717) is 0 Å². The Balaban J connectivity index is 2.33. The first kappa shape index (κ1) is 11.9. The smallest absolute Gasteiger partial charge is 0.164 e. The average Bonchev–Trinajstić information content (AvgIpc) is 2.70. The molecular weight excluding hydrogens is 230 g/mol. The second-order valence-electron chi connectivity index (χ2n) is 4.31. The van der Waals surface area contributed by atoms with Crippen molar-refractivity contribution in [3.8, 4) is 0 Å². The lowest BCUT2D eigenvalue weighted by molar-refractivity contribution is 0.130. The first-order valence-electron chi connectivity index (χ1n) is 5.30. The summed E-state index contributed by atoms with van der Waals surface area (Å²) in [6.45, 7) is 1.90. The summed E-state index contributed by atoms with van der Waals surface area (Å²) < 4.78 is 26.2. The first-order chi connectivity index (χ1) is 7.54. The highest BCUT2D eigenvalue weighted by Gasteiger charge is 2.39. The van der Waals surface area contributed by atoms with Gasteiger partial charge in [-0.05, 0) is 31.6 Å². The molecule has 0 aromatic heterocycles. The number of aliphatic hydroxyl groups excluding tert-OH is 1. The van der Waals surface area contributed by atoms with Crippen LogP contribution in [0.2, 0.25) is 0 Å². The second kappa shape index (κ2) is 4.34. The van der Waals surface area contributed by atoms with Crippen molar-refractivity contribution in [2.75, 3.05) is 5.75 Å². The highest BCUT2D eigenvalue weighted by atomic mass is 32.2. The van der Waals surface area contributed by atoms with Gasteiger partial charge in [-0.1, -0.05) is 12.1 Å². The Morgan fingerprint density at radius 2 is 2.19 bits per heavy atom. The van der Waals surface area contributed by atoms with Crippen LogP contribution in [0.3, 0.4) is 0 Å². The molecule has 1 saturated heterocycles. The van der Waals surface area contributed by atoms with Crippen LogP contribution in [0.15, 0.2) is 18.2 Å². The number of hydrogen-bond acceptors (Lipinski definition) is 2. The molecule has 1 heterocycles. The van der Waals surface area contributed by atoms with Crippen LogP contribution in [-0.4, -0.2) is 15.6 Å². The van der Waals surface area contributed by atoms with Gasteiger partial charge in [-0.15, -0.1) is 0 Å². The van der Waals surface area contributed by atoms with Gasteiger partial charge in [0.1, 0.15) is 0 Å². The zero-order valence-corrected chi connectivity index (χ0v) is 9.86. The summed E-state index contributed by atoms with van der Waals surface area (Å²) in [5, 5.41) is 10.2. The molecule has 1 aliphatic heterocycles. The Morgan fingerprint density at radius 1 is 1.44 bits per heavy atom. The summed E-state index contributed by atoms with van der Waals surface area (Å²) in [6.07, 6.45) is 0.889. The summed E-state index contributed by atoms with van der Waals surface area (Å²) in [4.78, 5) is 0. The van der Waals surface area contributed by atoms with Gasteiger partial charge in [-0.25, -0.2) is 8.78 Å². The largest absolute Gasteiger partial charge is 0.387 e. The molecule has 1 aliphatic rings. The maximum Gasteiger partial charge on any atom is 0.164 e. The van der Waals surface area contributed by atoms with Gasteiger partial charge in [-0.2, -0.15) is 11.8 Å². The molecule has 1 aromatic rings. The van der Waals surface area contributed by atoms with E-state index in [9.17, 15) is 13.9 Å². The third kappa shape index (κ3) is 1.96. The van der Waals surface area contributed by atoms with Crippen molar-refractivity contribution in [3.63, 3.8) is 0 Å². The quantitative estimate of drug-likeness (QED) is 0.861. The molecule has 4 heteroatoms. The highest BCUT2D eigenvalue weighted by molar-refractivity contribution is 8.00. The van der Waals surface area contributed by atoms with Crippen molar-refractivity contribution < 1.29 is 13.9 Å². The molecule has 1 fully saturated rings. The normalized spacial score (nSPS) is 27.0. The lowest BCUT2D eigenvalue weighted by atomic mass is 9.92. The zero-order chi connectivity index (χ0) is 11.8. The Hall–Kier alpha value is -0.610. The Kier molecular flexibility index (Phi) is 3.22. The van der Waals surface area contributed by atoms with E-state index in [4.69, 9.17) is 0 Å². The summed E-state index contributed by atoms with van der Waals surface area (Å²) in [5.41, 5.74) is 0.0666. The summed E-state index contributed by atoms with van der Waals surface area (Å²) >= 11 is 1.62. The van der Waals surface area contributed by atoms with Gasteiger partial charge in [0.15, 0.2) is 11.6 Å². The van der Waals surface area contributed by atoms with E-state index in [2.05, 4.69) is 0 Å². The molecule has 1 aromatic carbocycles. The molecule has 0 bridgehead atoms. The summed E-state index contributed by atoms with van der Waals surface area (Å²) in [7, 11) is 0. The predicted octanol–water partition coefficient (Wildman–Crippen LogP) is 3.28. The van der Waals surface area contributed by atoms with E-state index in [1.807, 2.05) is 6.92 Å². The molecule has 0 spiro atoms. The molecule has 0 radical (unpaired) electrons. The van der Waals surface area contributed by atoms with Crippen LogP contribution < -0.4 is 0 Å². The minimum Gasteiger partial charge on any atom is -0.387 e. The van der Waals surface area contributed by atoms with Crippen molar-refractivity contribution >= 4 is 11.8 Å². The summed E-state index contributed by atoms with van der Waals surface area (Å²) in [5.74, 6) is -0.864. The number of thioether (sulfide) groups is 1. The third-order valence-corrected chi connectivity index (χ3v) is 4.68. The number of halogens is 2. The van der Waals surface area contributed by atoms with Crippen LogP contribution in [0.1, 0.15) is 31.4 Å². The molecule has 0 saturated carbocycles. The van der Waals surface area contributed by atoms with Crippen molar-refractivity contribution in [1.82, 2.24) is 0 Å². The Labute approximate surface area is 97.9 Å². The maximum absolute atomic E-state index is 13.5. The molecule has 2 rings (SSSR count). The van der Waals surface area contributed by atoms with Gasteiger partial charge < -0.3 is 5.11 Å². The summed E-state index contributed by atoms with van der Waals surface area (Å²) in [6, 6.07) is 3.95. The van der Waals surface area contributed by atoms with Crippen molar-refractivity contribution in [2.24, 2.45) is 0 Å². The molecule has 2 atom stereocenters. The number of rotatable bonds is 2. The molecule has 0 amide bonds. The van der Waals surface area contributed by atoms with Gasteiger partial charge >= 0.3 is 0 Å². The zero-order valence-electron chi connectivity index (χ0n) is 9.04. The van der Waals surface area contributed by atoms with Crippen LogP contribution in [0.5, 0.6) is 0 Å². The average molecular weight is 244 g/mol. The molecule has 1 N–H and O–H groups in total. The minimum absolute atomic E-state index is 0.0666. The molecule has 0 aliphatic carbocycles. The van der Waals surface area contributed by atoms with Gasteiger partial charge in [0.05, 0.1) is 6.10 Å². The monoisotopic (exact) mass is 244 g/mol. The van der Waals surface area contributed by atoms with Crippen LogP contribution >= 0.6 is 11.8 Å². The lowest BCUT2D eigenvalue weighted by Crippen LogP contribution is -2.27. The van der Waals surface area contributed by atoms with Crippen molar-refractivity contribution in [1.29, 1.82) is 0 Å². The van der Waals surface area contributed by atoms with E-state index >= 15 is 0 Å². The Bertz CT molecular complexity index is 389. The van der Waals surface area contributed by atoms with Gasteiger partial charge in [-0.3, -0.25) is 0 Å². The first-order valence-corrected chi connectivity index (χ1v) is 6.29. The number of hydrogen-bond donors (Lipinski definition) is 1. The Morgan fingerprint density at radius 3 is 2.81 bits per heavy atom. The third-order valence-electron chi connectivity index (χ3n) is 3.10. The van der Waals surface area contributed by atoms with E-state index in [0.717, 1.165) is 24.7 Å². The topological polar surface area (TPSA) is 20.2 Å². The minimum atomic E-state index is -0.948. The van der Waals surface area contributed by atoms with Crippen LogP contribution in [0, 0.1) is 11.6 Å². The van der Waals surface area contributed by atoms with Gasteiger partial charge in [0, 0.05) is 10.3 Å². The van der Waals surface area contributed by atoms with E-state index in [1.54, 1.807) is 11.8 Å². The molecule has 1 nitrogen and oxygen atoms in total. The molecule has 16 heavy (non-hydrogen) atoms. The number of benzene rings is 1. The SMILES string of the molecule is CC1(C(O)c2cccc(F)c2F)CCCS1. The number of aliphatic hydroxyl groups is 1. The predicted molar refractivity (Wildman–Crippen MR) is 61.4 cm³/mol. The fourth-order valence-electron chi connectivity index (χ4n) is 2.08.